The molecule has 2 fully saturated rings. The molecule has 7 heteroatoms. The van der Waals surface area contributed by atoms with E-state index in [1.165, 1.54) is 30.7 Å². The van der Waals surface area contributed by atoms with Crippen molar-refractivity contribution in [1.82, 2.24) is 20.1 Å². The fourth-order valence-corrected chi connectivity index (χ4v) is 4.78. The number of benzene rings is 1. The van der Waals surface area contributed by atoms with Crippen LogP contribution in [0, 0.1) is 11.7 Å². The minimum atomic E-state index is -0.332. The minimum Gasteiger partial charge on any atom is -0.353 e. The lowest BCUT2D eigenvalue weighted by molar-refractivity contribution is 0.162. The van der Waals surface area contributed by atoms with Crippen LogP contribution in [0.25, 0.3) is 0 Å². The molecule has 1 aromatic carbocycles. The van der Waals surface area contributed by atoms with Gasteiger partial charge in [-0.25, -0.2) is 14.2 Å². The maximum absolute atomic E-state index is 13.1. The van der Waals surface area contributed by atoms with E-state index in [2.05, 4.69) is 57.4 Å². The number of halogens is 1. The summed E-state index contributed by atoms with van der Waals surface area (Å²) in [5.74, 6) is 1.11. The number of hydrogen-bond acceptors (Lipinski definition) is 4. The first-order chi connectivity index (χ1) is 15.6. The van der Waals surface area contributed by atoms with Crippen LogP contribution >= 0.6 is 0 Å². The molecule has 1 N–H and O–H groups in total. The lowest BCUT2D eigenvalue weighted by atomic mass is 9.93. The Morgan fingerprint density at radius 2 is 1.88 bits per heavy atom. The molecule has 1 atom stereocenters. The Morgan fingerprint density at radius 3 is 2.56 bits per heavy atom. The summed E-state index contributed by atoms with van der Waals surface area (Å²) in [5, 5.41) is 3.13. The highest BCUT2D eigenvalue weighted by Crippen LogP contribution is 2.22. The molecule has 0 unspecified atom stereocenters. The topological polar surface area (TPSA) is 51.7 Å². The van der Waals surface area contributed by atoms with E-state index in [0.29, 0.717) is 25.6 Å². The molecule has 6 nitrogen and oxygen atoms in total. The number of rotatable bonds is 6. The fourth-order valence-electron chi connectivity index (χ4n) is 4.78. The molecule has 3 heterocycles. The zero-order valence-electron chi connectivity index (χ0n) is 18.9. The summed E-state index contributed by atoms with van der Waals surface area (Å²) in [4.78, 5) is 23.4. The molecule has 0 aliphatic carbocycles. The molecule has 2 amide bonds. The van der Waals surface area contributed by atoms with Gasteiger partial charge < -0.3 is 15.1 Å². The van der Waals surface area contributed by atoms with Crippen molar-refractivity contribution in [3.8, 4) is 0 Å². The molecule has 1 aromatic heterocycles. The van der Waals surface area contributed by atoms with Gasteiger partial charge in [0.25, 0.3) is 0 Å². The van der Waals surface area contributed by atoms with Crippen LogP contribution in [0.5, 0.6) is 0 Å². The number of nitrogens with zero attached hydrogens (tertiary/aromatic N) is 4. The van der Waals surface area contributed by atoms with Crippen LogP contribution in [0.1, 0.15) is 31.7 Å². The van der Waals surface area contributed by atoms with Crippen LogP contribution in [0.4, 0.5) is 15.0 Å². The number of anilines is 1. The molecule has 0 bridgehead atoms. The van der Waals surface area contributed by atoms with Gasteiger partial charge in [0, 0.05) is 38.8 Å². The SMILES string of the molecule is C[C@@H]1CN(c2ccc(F)cn2)CCN1C(=O)NCCC1CCN(Cc2ccccc2)CC1. The van der Waals surface area contributed by atoms with E-state index < -0.39 is 0 Å². The number of piperazine rings is 1. The maximum atomic E-state index is 13.1. The number of aromatic nitrogens is 1. The van der Waals surface area contributed by atoms with Crippen molar-refractivity contribution in [3.63, 3.8) is 0 Å². The number of carbonyl (C=O) groups excluding carboxylic acids is 1. The molecular weight excluding hydrogens is 405 g/mol. The summed E-state index contributed by atoms with van der Waals surface area (Å²) >= 11 is 0. The van der Waals surface area contributed by atoms with E-state index in [1.54, 1.807) is 6.07 Å². The van der Waals surface area contributed by atoms with Gasteiger partial charge in [-0.1, -0.05) is 30.3 Å². The van der Waals surface area contributed by atoms with Gasteiger partial charge in [0.1, 0.15) is 11.6 Å². The van der Waals surface area contributed by atoms with Gasteiger partial charge in [-0.2, -0.15) is 0 Å². The lowest BCUT2D eigenvalue weighted by Crippen LogP contribution is -2.57. The number of amides is 2. The third-order valence-electron chi connectivity index (χ3n) is 6.71. The van der Waals surface area contributed by atoms with E-state index in [4.69, 9.17) is 0 Å². The number of nitrogens with one attached hydrogen (secondary N) is 1. The minimum absolute atomic E-state index is 0.0192. The number of piperidine rings is 1. The van der Waals surface area contributed by atoms with Crippen LogP contribution in [-0.2, 0) is 6.54 Å². The first-order valence-electron chi connectivity index (χ1n) is 11.8. The Balaban J connectivity index is 1.14. The summed E-state index contributed by atoms with van der Waals surface area (Å²) < 4.78 is 13.1. The number of urea groups is 1. The first kappa shape index (κ1) is 22.5. The highest BCUT2D eigenvalue weighted by atomic mass is 19.1. The highest BCUT2D eigenvalue weighted by Gasteiger charge is 2.28. The van der Waals surface area contributed by atoms with E-state index in [9.17, 15) is 9.18 Å². The Labute approximate surface area is 190 Å². The molecule has 0 saturated carbocycles. The summed E-state index contributed by atoms with van der Waals surface area (Å²) in [5.41, 5.74) is 1.38. The summed E-state index contributed by atoms with van der Waals surface area (Å²) in [7, 11) is 0. The van der Waals surface area contributed by atoms with E-state index in [-0.39, 0.29) is 17.9 Å². The zero-order chi connectivity index (χ0) is 22.3. The Bertz CT molecular complexity index is 854. The molecule has 2 aromatic rings. The monoisotopic (exact) mass is 439 g/mol. The predicted octanol–water partition coefficient (Wildman–Crippen LogP) is 3.74. The third kappa shape index (κ3) is 5.97. The Hall–Kier alpha value is -2.67. The van der Waals surface area contributed by atoms with Crippen molar-refractivity contribution in [2.75, 3.05) is 44.2 Å². The van der Waals surface area contributed by atoms with Crippen molar-refractivity contribution >= 4 is 11.8 Å². The molecule has 32 heavy (non-hydrogen) atoms. The molecule has 0 spiro atoms. The summed E-state index contributed by atoms with van der Waals surface area (Å²) in [6.07, 6.45) is 4.68. The Morgan fingerprint density at radius 1 is 1.09 bits per heavy atom. The molecule has 2 aliphatic heterocycles. The molecule has 2 saturated heterocycles. The van der Waals surface area contributed by atoms with E-state index >= 15 is 0 Å². The second-order valence-electron chi connectivity index (χ2n) is 9.05. The average molecular weight is 440 g/mol. The molecule has 2 aliphatic rings. The lowest BCUT2D eigenvalue weighted by Gasteiger charge is -2.40. The third-order valence-corrected chi connectivity index (χ3v) is 6.71. The summed E-state index contributed by atoms with van der Waals surface area (Å²) in [6, 6.07) is 13.9. The van der Waals surface area contributed by atoms with E-state index in [0.717, 1.165) is 38.4 Å². The highest BCUT2D eigenvalue weighted by molar-refractivity contribution is 5.75. The largest absolute Gasteiger partial charge is 0.353 e. The molecule has 172 valence electrons. The van der Waals surface area contributed by atoms with Crippen LogP contribution < -0.4 is 10.2 Å². The smallest absolute Gasteiger partial charge is 0.317 e. The summed E-state index contributed by atoms with van der Waals surface area (Å²) in [6.45, 7) is 8.12. The van der Waals surface area contributed by atoms with Gasteiger partial charge in [0.05, 0.1) is 6.20 Å². The van der Waals surface area contributed by atoms with Crippen LogP contribution in [0.2, 0.25) is 0 Å². The Kier molecular flexibility index (Phi) is 7.58. The molecule has 0 radical (unpaired) electrons. The number of hydrogen-bond donors (Lipinski definition) is 1. The van der Waals surface area contributed by atoms with Crippen molar-refractivity contribution in [2.45, 2.75) is 38.8 Å². The zero-order valence-corrected chi connectivity index (χ0v) is 18.9. The van der Waals surface area contributed by atoms with Crippen LogP contribution in [0.15, 0.2) is 48.7 Å². The number of likely N-dealkylation sites (tertiary alicyclic amines) is 1. The van der Waals surface area contributed by atoms with Gasteiger partial charge in [0.15, 0.2) is 0 Å². The van der Waals surface area contributed by atoms with Crippen molar-refractivity contribution < 1.29 is 9.18 Å². The van der Waals surface area contributed by atoms with Crippen LogP contribution in [-0.4, -0.2) is 66.1 Å². The van der Waals surface area contributed by atoms with Gasteiger partial charge in [-0.05, 0) is 62.9 Å². The van der Waals surface area contributed by atoms with Crippen molar-refractivity contribution in [3.05, 3.63) is 60.0 Å². The van der Waals surface area contributed by atoms with Crippen molar-refractivity contribution in [2.24, 2.45) is 5.92 Å². The van der Waals surface area contributed by atoms with E-state index in [1.807, 2.05) is 4.90 Å². The first-order valence-corrected chi connectivity index (χ1v) is 11.8. The van der Waals surface area contributed by atoms with Gasteiger partial charge in [-0.3, -0.25) is 4.90 Å². The number of pyridine rings is 1. The van der Waals surface area contributed by atoms with Gasteiger partial charge in [-0.15, -0.1) is 0 Å². The predicted molar refractivity (Wildman–Crippen MR) is 125 cm³/mol. The normalized spacial score (nSPS) is 20.4. The standard InChI is InChI=1S/C25H34FN5O/c1-20-18-30(24-8-7-23(26)17-28-24)15-16-31(20)25(32)27-12-9-21-10-13-29(14-11-21)19-22-5-3-2-4-6-22/h2-8,17,20-21H,9-16,18-19H2,1H3,(H,27,32)/t20-/m1/s1. The molecule has 4 rings (SSSR count). The number of carbonyl (C=O) groups is 1. The van der Waals surface area contributed by atoms with Crippen molar-refractivity contribution in [1.29, 1.82) is 0 Å². The average Bonchev–Trinajstić information content (AvgIpc) is 2.81. The second-order valence-corrected chi connectivity index (χ2v) is 9.05. The van der Waals surface area contributed by atoms with Gasteiger partial charge >= 0.3 is 6.03 Å². The quantitative estimate of drug-likeness (QED) is 0.745. The van der Waals surface area contributed by atoms with Gasteiger partial charge in [0.2, 0.25) is 0 Å². The maximum Gasteiger partial charge on any atom is 0.317 e. The fraction of sp³-hybridized carbons (Fsp3) is 0.520. The second kappa shape index (κ2) is 10.8. The van der Waals surface area contributed by atoms with Crippen LogP contribution in [0.3, 0.4) is 0 Å². The molecular formula is C25H34FN5O.